The zero-order chi connectivity index (χ0) is 26.9. The first-order valence-electron chi connectivity index (χ1n) is 12.5. The van der Waals surface area contributed by atoms with Crippen LogP contribution >= 0.6 is 0 Å². The van der Waals surface area contributed by atoms with E-state index in [1.165, 1.54) is 11.9 Å². The van der Waals surface area contributed by atoms with Crippen molar-refractivity contribution in [3.63, 3.8) is 0 Å². The lowest BCUT2D eigenvalue weighted by Gasteiger charge is -2.15. The van der Waals surface area contributed by atoms with Crippen LogP contribution in [0.15, 0.2) is 91.4 Å². The summed E-state index contributed by atoms with van der Waals surface area (Å²) in [6.07, 6.45) is 3.53. The first kappa shape index (κ1) is 25.1. The van der Waals surface area contributed by atoms with Crippen LogP contribution in [0.1, 0.15) is 11.1 Å². The van der Waals surface area contributed by atoms with E-state index in [1.807, 2.05) is 45.6 Å². The number of nitrogens with two attached hydrogens (primary N) is 1. The van der Waals surface area contributed by atoms with Crippen LogP contribution in [0.5, 0.6) is 0 Å². The van der Waals surface area contributed by atoms with Crippen molar-refractivity contribution >= 4 is 33.8 Å². The Morgan fingerprint density at radius 1 is 0.949 bits per heavy atom. The first-order chi connectivity index (χ1) is 19.0. The fourth-order valence-corrected chi connectivity index (χ4v) is 5.24. The van der Waals surface area contributed by atoms with Crippen LogP contribution < -0.4 is 10.5 Å². The number of hydrogen-bond donors (Lipinski definition) is 2. The summed E-state index contributed by atoms with van der Waals surface area (Å²) in [6.45, 7) is 1.17. The average Bonchev–Trinajstić information content (AvgIpc) is 3.54. The van der Waals surface area contributed by atoms with E-state index in [-0.39, 0.29) is 0 Å². The molecule has 10 heteroatoms. The van der Waals surface area contributed by atoms with Gasteiger partial charge in [-0.3, -0.25) is 4.68 Å². The second-order valence-corrected chi connectivity index (χ2v) is 11.0. The SMILES string of the molecule is CN(C)[S+]([O-])NCc1cccc(-c2cc(-c3ccc4cn(Cc5ccccc5)nc4c3)c3c(N)ncnn23)c1. The Balaban J connectivity index is 1.38. The van der Waals surface area contributed by atoms with Gasteiger partial charge in [0.15, 0.2) is 5.82 Å². The monoisotopic (exact) mass is 536 g/mol. The van der Waals surface area contributed by atoms with Gasteiger partial charge in [-0.05, 0) is 34.9 Å². The molecule has 0 fully saturated rings. The number of benzene rings is 3. The molecule has 39 heavy (non-hydrogen) atoms. The summed E-state index contributed by atoms with van der Waals surface area (Å²) in [5.74, 6) is 0.403. The lowest BCUT2D eigenvalue weighted by atomic mass is 10.0. The van der Waals surface area contributed by atoms with Gasteiger partial charge in [-0.25, -0.2) is 9.50 Å². The number of anilines is 1. The minimum Gasteiger partial charge on any atom is -0.579 e. The quantitative estimate of drug-likeness (QED) is 0.279. The minimum absolute atomic E-state index is 0.403. The number of nitrogen functional groups attached to an aromatic ring is 1. The molecule has 6 rings (SSSR count). The molecule has 1 unspecified atom stereocenters. The van der Waals surface area contributed by atoms with Gasteiger partial charge < -0.3 is 10.3 Å². The molecule has 3 heterocycles. The van der Waals surface area contributed by atoms with Crippen LogP contribution in [-0.4, -0.2) is 47.3 Å². The molecular formula is C29H28N8OS. The van der Waals surface area contributed by atoms with Gasteiger partial charge in [-0.2, -0.15) is 10.2 Å². The van der Waals surface area contributed by atoms with E-state index in [1.54, 1.807) is 18.4 Å². The molecule has 0 bridgehead atoms. The molecule has 9 nitrogen and oxygen atoms in total. The second-order valence-electron chi connectivity index (χ2n) is 9.52. The fraction of sp³-hybridized carbons (Fsp3) is 0.138. The largest absolute Gasteiger partial charge is 0.579 e. The molecule has 0 aliphatic heterocycles. The Morgan fingerprint density at radius 2 is 1.77 bits per heavy atom. The van der Waals surface area contributed by atoms with Gasteiger partial charge in [0, 0.05) is 36.8 Å². The number of rotatable bonds is 8. The molecule has 196 valence electrons. The Kier molecular flexibility index (Phi) is 6.76. The standard InChI is InChI=1S/C29H28N8OS/c1-35(2)39(38)33-16-21-9-6-10-23(13-21)27-15-25(28-29(30)31-19-32-37(27)28)22-11-12-24-18-36(34-26(24)14-22)17-20-7-4-3-5-8-20/h3-15,18-19,33H,16-17H2,1-2H3,(H2,30,31,32). The average molecular weight is 537 g/mol. The molecule has 0 saturated carbocycles. The van der Waals surface area contributed by atoms with Gasteiger partial charge >= 0.3 is 0 Å². The lowest BCUT2D eigenvalue weighted by molar-refractivity contribution is 0.504. The van der Waals surface area contributed by atoms with Crippen molar-refractivity contribution in [1.29, 1.82) is 0 Å². The zero-order valence-corrected chi connectivity index (χ0v) is 22.5. The molecule has 3 N–H and O–H groups in total. The van der Waals surface area contributed by atoms with Crippen molar-refractivity contribution in [3.8, 4) is 22.4 Å². The summed E-state index contributed by atoms with van der Waals surface area (Å²) in [7, 11) is 3.53. The van der Waals surface area contributed by atoms with Gasteiger partial charge in [0.2, 0.25) is 0 Å². The molecule has 6 aromatic rings. The lowest BCUT2D eigenvalue weighted by Crippen LogP contribution is -2.35. The Morgan fingerprint density at radius 3 is 2.59 bits per heavy atom. The van der Waals surface area contributed by atoms with Crippen molar-refractivity contribution in [3.05, 3.63) is 103 Å². The normalized spacial score (nSPS) is 12.5. The topological polar surface area (TPSA) is 112 Å². The smallest absolute Gasteiger partial charge is 0.152 e. The van der Waals surface area contributed by atoms with Crippen LogP contribution in [0.3, 0.4) is 0 Å². The summed E-state index contributed by atoms with van der Waals surface area (Å²) in [5, 5.41) is 10.4. The molecule has 0 spiro atoms. The summed E-state index contributed by atoms with van der Waals surface area (Å²) in [4.78, 5) is 4.27. The minimum atomic E-state index is -1.26. The third-order valence-corrected chi connectivity index (χ3v) is 7.64. The summed E-state index contributed by atoms with van der Waals surface area (Å²) >= 11 is -1.26. The van der Waals surface area contributed by atoms with Gasteiger partial charge in [0.1, 0.15) is 23.4 Å². The fourth-order valence-electron chi connectivity index (χ4n) is 4.69. The van der Waals surface area contributed by atoms with E-state index in [4.69, 9.17) is 10.8 Å². The van der Waals surface area contributed by atoms with Crippen LogP contribution in [0.25, 0.3) is 38.8 Å². The summed E-state index contributed by atoms with van der Waals surface area (Å²) in [5.41, 5.74) is 14.0. The van der Waals surface area contributed by atoms with E-state index in [0.717, 1.165) is 44.4 Å². The molecule has 3 aromatic carbocycles. The van der Waals surface area contributed by atoms with Gasteiger partial charge in [-0.15, -0.1) is 9.03 Å². The zero-order valence-electron chi connectivity index (χ0n) is 21.7. The van der Waals surface area contributed by atoms with Gasteiger partial charge in [0.05, 0.1) is 24.3 Å². The van der Waals surface area contributed by atoms with Crippen molar-refractivity contribution in [2.45, 2.75) is 13.1 Å². The third-order valence-electron chi connectivity index (χ3n) is 6.59. The number of hydrogen-bond acceptors (Lipinski definition) is 7. The highest BCUT2D eigenvalue weighted by molar-refractivity contribution is 7.87. The van der Waals surface area contributed by atoms with Gasteiger partial charge in [0.25, 0.3) is 0 Å². The maximum atomic E-state index is 12.1. The van der Waals surface area contributed by atoms with Crippen LogP contribution in [-0.2, 0) is 24.6 Å². The van der Waals surface area contributed by atoms with E-state index in [0.29, 0.717) is 18.9 Å². The summed E-state index contributed by atoms with van der Waals surface area (Å²) in [6, 6.07) is 26.7. The van der Waals surface area contributed by atoms with Crippen LogP contribution in [0.2, 0.25) is 0 Å². The number of nitrogens with one attached hydrogen (secondary N) is 1. The second kappa shape index (κ2) is 10.5. The van der Waals surface area contributed by atoms with Crippen molar-refractivity contribution < 1.29 is 4.55 Å². The molecular weight excluding hydrogens is 508 g/mol. The number of aromatic nitrogens is 5. The van der Waals surface area contributed by atoms with Crippen LogP contribution in [0, 0.1) is 0 Å². The molecule has 0 aliphatic rings. The number of fused-ring (bicyclic) bond motifs is 2. The van der Waals surface area contributed by atoms with Gasteiger partial charge in [-0.1, -0.05) is 60.7 Å². The maximum Gasteiger partial charge on any atom is 0.152 e. The maximum absolute atomic E-state index is 12.1. The molecule has 1 atom stereocenters. The predicted octanol–water partition coefficient (Wildman–Crippen LogP) is 4.27. The Labute approximate surface area is 229 Å². The van der Waals surface area contributed by atoms with Crippen molar-refractivity contribution in [1.82, 2.24) is 33.4 Å². The van der Waals surface area contributed by atoms with Crippen LogP contribution in [0.4, 0.5) is 5.82 Å². The van der Waals surface area contributed by atoms with Crippen molar-refractivity contribution in [2.24, 2.45) is 0 Å². The molecule has 0 amide bonds. The molecule has 0 radical (unpaired) electrons. The number of nitrogens with zero attached hydrogens (tertiary/aromatic N) is 6. The summed E-state index contributed by atoms with van der Waals surface area (Å²) < 4.78 is 20.6. The van der Waals surface area contributed by atoms with E-state index in [2.05, 4.69) is 63.5 Å². The van der Waals surface area contributed by atoms with E-state index < -0.39 is 11.5 Å². The van der Waals surface area contributed by atoms with Crippen molar-refractivity contribution in [2.75, 3.05) is 19.8 Å². The molecule has 0 saturated heterocycles. The van der Waals surface area contributed by atoms with E-state index in [9.17, 15) is 4.55 Å². The third kappa shape index (κ3) is 5.10. The highest BCUT2D eigenvalue weighted by atomic mass is 32.2. The predicted molar refractivity (Wildman–Crippen MR) is 156 cm³/mol. The Hall–Kier alpha value is -4.22. The first-order valence-corrected chi connectivity index (χ1v) is 13.6. The molecule has 3 aromatic heterocycles. The Bertz CT molecular complexity index is 1760. The highest BCUT2D eigenvalue weighted by Crippen LogP contribution is 2.36. The molecule has 0 aliphatic carbocycles. The van der Waals surface area contributed by atoms with E-state index >= 15 is 0 Å². The highest BCUT2D eigenvalue weighted by Gasteiger charge is 2.18.